The molecule has 0 aliphatic carbocycles. The first kappa shape index (κ1) is 15.5. The van der Waals surface area contributed by atoms with Gasteiger partial charge in [0.25, 0.3) is 0 Å². The number of benzene rings is 2. The smallest absolute Gasteiger partial charge is 0.311 e. The summed E-state index contributed by atoms with van der Waals surface area (Å²) in [5.74, 6) is 1.26. The Balaban J connectivity index is 2.00. The van der Waals surface area contributed by atoms with Gasteiger partial charge in [0.15, 0.2) is 11.5 Å². The number of halogens is 1. The molecule has 1 aromatic heterocycles. The molecule has 2 heterocycles. The van der Waals surface area contributed by atoms with E-state index >= 15 is 0 Å². The summed E-state index contributed by atoms with van der Waals surface area (Å²) in [6.07, 6.45) is 1.26. The number of esters is 1. The van der Waals surface area contributed by atoms with Crippen LogP contribution in [0, 0.1) is 5.92 Å². The number of hydrogen-bond donors (Lipinski definition) is 0. The van der Waals surface area contributed by atoms with Crippen molar-refractivity contribution in [2.45, 2.75) is 25.7 Å². The summed E-state index contributed by atoms with van der Waals surface area (Å²) in [7, 11) is 0. The lowest BCUT2D eigenvalue weighted by molar-refractivity contribution is -0.135. The summed E-state index contributed by atoms with van der Waals surface area (Å²) in [5.41, 5.74) is 1.88. The Kier molecular flexibility index (Phi) is 3.93. The van der Waals surface area contributed by atoms with Gasteiger partial charge in [0.2, 0.25) is 0 Å². The number of carbonyl (C=O) groups is 1. The van der Waals surface area contributed by atoms with Crippen molar-refractivity contribution in [2.75, 3.05) is 0 Å². The van der Waals surface area contributed by atoms with Crippen molar-refractivity contribution in [3.05, 3.63) is 64.3 Å². The maximum absolute atomic E-state index is 12.3. The SMILES string of the molecule is CC[C@H]1CC(=O)Oc2c(oc3ccccc23)[C@H]1c1ccccc1Br. The largest absolute Gasteiger partial charge is 0.456 e. The predicted octanol–water partition coefficient (Wildman–Crippen LogP) is 5.66. The predicted molar refractivity (Wildman–Crippen MR) is 96.2 cm³/mol. The van der Waals surface area contributed by atoms with Crippen LogP contribution < -0.4 is 4.74 Å². The Bertz CT molecular complexity index is 912. The molecule has 2 atom stereocenters. The molecule has 1 aliphatic heterocycles. The summed E-state index contributed by atoms with van der Waals surface area (Å²) >= 11 is 3.66. The Labute approximate surface area is 148 Å². The average Bonchev–Trinajstić information content (AvgIpc) is 2.87. The summed E-state index contributed by atoms with van der Waals surface area (Å²) in [6.45, 7) is 2.11. The minimum atomic E-state index is -0.191. The van der Waals surface area contributed by atoms with E-state index in [0.29, 0.717) is 12.2 Å². The van der Waals surface area contributed by atoms with Crippen molar-refractivity contribution in [2.24, 2.45) is 5.92 Å². The number of hydrogen-bond acceptors (Lipinski definition) is 3. The van der Waals surface area contributed by atoms with Gasteiger partial charge < -0.3 is 9.15 Å². The molecule has 0 spiro atoms. The first-order valence-corrected chi connectivity index (χ1v) is 8.95. The van der Waals surface area contributed by atoms with Crippen molar-refractivity contribution >= 4 is 32.9 Å². The Morgan fingerprint density at radius 1 is 1.12 bits per heavy atom. The number of fused-ring (bicyclic) bond motifs is 3. The van der Waals surface area contributed by atoms with Crippen molar-refractivity contribution in [1.29, 1.82) is 0 Å². The molecular formula is C20H17BrO3. The van der Waals surface area contributed by atoms with E-state index < -0.39 is 0 Å². The van der Waals surface area contributed by atoms with Gasteiger partial charge in [-0.05, 0) is 29.7 Å². The molecule has 4 rings (SSSR count). The molecule has 24 heavy (non-hydrogen) atoms. The van der Waals surface area contributed by atoms with Crippen LogP contribution in [0.2, 0.25) is 0 Å². The molecule has 0 fully saturated rings. The zero-order chi connectivity index (χ0) is 16.7. The lowest BCUT2D eigenvalue weighted by Crippen LogP contribution is -2.16. The van der Waals surface area contributed by atoms with Crippen LogP contribution in [0.25, 0.3) is 11.0 Å². The van der Waals surface area contributed by atoms with Crippen LogP contribution in [-0.4, -0.2) is 5.97 Å². The Morgan fingerprint density at radius 3 is 2.67 bits per heavy atom. The average molecular weight is 385 g/mol. The normalized spacial score (nSPS) is 20.5. The second-order valence-electron chi connectivity index (χ2n) is 6.14. The molecule has 0 saturated heterocycles. The van der Waals surface area contributed by atoms with Gasteiger partial charge in [-0.1, -0.05) is 59.6 Å². The van der Waals surface area contributed by atoms with Gasteiger partial charge in [0.05, 0.1) is 11.3 Å². The minimum Gasteiger partial charge on any atom is -0.456 e. The van der Waals surface area contributed by atoms with Gasteiger partial charge >= 0.3 is 5.97 Å². The highest BCUT2D eigenvalue weighted by Gasteiger charge is 2.37. The summed E-state index contributed by atoms with van der Waals surface area (Å²) in [4.78, 5) is 12.3. The van der Waals surface area contributed by atoms with Crippen molar-refractivity contribution < 1.29 is 13.9 Å². The molecule has 1 aliphatic rings. The van der Waals surface area contributed by atoms with Gasteiger partial charge in [-0.2, -0.15) is 0 Å². The number of para-hydroxylation sites is 1. The van der Waals surface area contributed by atoms with Crippen molar-refractivity contribution in [3.63, 3.8) is 0 Å². The minimum absolute atomic E-state index is 0.0144. The number of furan rings is 1. The second kappa shape index (κ2) is 6.10. The number of ether oxygens (including phenoxy) is 1. The molecule has 0 amide bonds. The van der Waals surface area contributed by atoms with Crippen LogP contribution in [0.15, 0.2) is 57.4 Å². The third-order valence-electron chi connectivity index (χ3n) is 4.74. The number of carbonyl (C=O) groups excluding carboxylic acids is 1. The zero-order valence-corrected chi connectivity index (χ0v) is 14.9. The first-order valence-electron chi connectivity index (χ1n) is 8.15. The van der Waals surface area contributed by atoms with Gasteiger partial charge in [-0.25, -0.2) is 0 Å². The monoisotopic (exact) mass is 384 g/mol. The van der Waals surface area contributed by atoms with E-state index in [0.717, 1.165) is 33.2 Å². The van der Waals surface area contributed by atoms with E-state index in [2.05, 4.69) is 28.9 Å². The third-order valence-corrected chi connectivity index (χ3v) is 5.46. The van der Waals surface area contributed by atoms with E-state index in [1.165, 1.54) is 0 Å². The lowest BCUT2D eigenvalue weighted by Gasteiger charge is -2.23. The first-order chi connectivity index (χ1) is 11.7. The molecule has 0 unspecified atom stereocenters. The van der Waals surface area contributed by atoms with Crippen molar-refractivity contribution in [1.82, 2.24) is 0 Å². The molecule has 0 saturated carbocycles. The van der Waals surface area contributed by atoms with Crippen LogP contribution in [-0.2, 0) is 4.79 Å². The summed E-state index contributed by atoms with van der Waals surface area (Å²) < 4.78 is 12.9. The lowest BCUT2D eigenvalue weighted by atomic mass is 9.81. The van der Waals surface area contributed by atoms with Crippen LogP contribution in [0.5, 0.6) is 5.75 Å². The fraction of sp³-hybridized carbons (Fsp3) is 0.250. The van der Waals surface area contributed by atoms with Crippen molar-refractivity contribution in [3.8, 4) is 5.75 Å². The third kappa shape index (κ3) is 2.46. The molecule has 2 aromatic carbocycles. The highest BCUT2D eigenvalue weighted by Crippen LogP contribution is 2.48. The standard InChI is InChI=1S/C20H17BrO3/c1-2-12-11-17(22)24-19-14-8-4-6-10-16(14)23-20(19)18(12)13-7-3-5-9-15(13)21/h3-10,12,18H,2,11H2,1H3/t12-,18+/m0/s1. The fourth-order valence-electron chi connectivity index (χ4n) is 3.55. The van der Waals surface area contributed by atoms with E-state index in [1.54, 1.807) is 0 Å². The van der Waals surface area contributed by atoms with Gasteiger partial charge in [0.1, 0.15) is 5.58 Å². The maximum Gasteiger partial charge on any atom is 0.311 e. The van der Waals surface area contributed by atoms with E-state index in [-0.39, 0.29) is 17.8 Å². The second-order valence-corrected chi connectivity index (χ2v) is 6.99. The van der Waals surface area contributed by atoms with E-state index in [4.69, 9.17) is 9.15 Å². The Hall–Kier alpha value is -2.07. The topological polar surface area (TPSA) is 39.4 Å². The quantitative estimate of drug-likeness (QED) is 0.534. The zero-order valence-electron chi connectivity index (χ0n) is 13.3. The molecule has 0 N–H and O–H groups in total. The number of rotatable bonds is 2. The van der Waals surface area contributed by atoms with Crippen LogP contribution in [0.1, 0.15) is 37.0 Å². The van der Waals surface area contributed by atoms with Gasteiger partial charge in [-0.15, -0.1) is 0 Å². The summed E-state index contributed by atoms with van der Waals surface area (Å²) in [5, 5.41) is 0.856. The van der Waals surface area contributed by atoms with Gasteiger partial charge in [-0.3, -0.25) is 4.79 Å². The van der Waals surface area contributed by atoms with Crippen LogP contribution in [0.4, 0.5) is 0 Å². The molecule has 122 valence electrons. The van der Waals surface area contributed by atoms with E-state index in [9.17, 15) is 4.79 Å². The molecule has 0 bridgehead atoms. The summed E-state index contributed by atoms with van der Waals surface area (Å²) in [6, 6.07) is 15.8. The maximum atomic E-state index is 12.3. The van der Waals surface area contributed by atoms with Gasteiger partial charge in [0, 0.05) is 10.9 Å². The fourth-order valence-corrected chi connectivity index (χ4v) is 4.09. The highest BCUT2D eigenvalue weighted by atomic mass is 79.9. The van der Waals surface area contributed by atoms with E-state index in [1.807, 2.05) is 42.5 Å². The molecular weight excluding hydrogens is 368 g/mol. The molecule has 0 radical (unpaired) electrons. The highest BCUT2D eigenvalue weighted by molar-refractivity contribution is 9.10. The molecule has 4 heteroatoms. The molecule has 3 aromatic rings. The Morgan fingerprint density at radius 2 is 1.88 bits per heavy atom. The molecule has 3 nitrogen and oxygen atoms in total. The van der Waals surface area contributed by atoms with Crippen LogP contribution in [0.3, 0.4) is 0 Å². The van der Waals surface area contributed by atoms with Crippen LogP contribution >= 0.6 is 15.9 Å².